The Morgan fingerprint density at radius 3 is 2.35 bits per heavy atom. The van der Waals surface area contributed by atoms with Gasteiger partial charge in [0, 0.05) is 6.07 Å². The van der Waals surface area contributed by atoms with E-state index in [0.29, 0.717) is 11.4 Å². The van der Waals surface area contributed by atoms with Crippen molar-refractivity contribution in [1.29, 1.82) is 0 Å². The first-order chi connectivity index (χ1) is 9.45. The molecule has 0 spiro atoms. The SMILES string of the molecule is Cc1ccc(Oc2ccc(N)c(OC(C)C)c2)c(C)c1. The third-order valence-electron chi connectivity index (χ3n) is 2.91. The molecular formula is C17H21NO2. The van der Waals surface area contributed by atoms with E-state index in [4.69, 9.17) is 15.2 Å². The van der Waals surface area contributed by atoms with Crippen LogP contribution in [0.15, 0.2) is 36.4 Å². The molecule has 0 aliphatic heterocycles. The summed E-state index contributed by atoms with van der Waals surface area (Å²) in [6, 6.07) is 11.6. The van der Waals surface area contributed by atoms with Crippen LogP contribution >= 0.6 is 0 Å². The number of nitrogen functional groups attached to an aromatic ring is 1. The first-order valence-electron chi connectivity index (χ1n) is 6.77. The van der Waals surface area contributed by atoms with Crippen LogP contribution in [0.3, 0.4) is 0 Å². The van der Waals surface area contributed by atoms with E-state index < -0.39 is 0 Å². The highest BCUT2D eigenvalue weighted by atomic mass is 16.5. The molecule has 0 bridgehead atoms. The second kappa shape index (κ2) is 5.87. The van der Waals surface area contributed by atoms with Crippen molar-refractivity contribution in [2.24, 2.45) is 0 Å². The molecule has 0 amide bonds. The Labute approximate surface area is 120 Å². The van der Waals surface area contributed by atoms with E-state index >= 15 is 0 Å². The number of hydrogen-bond acceptors (Lipinski definition) is 3. The number of rotatable bonds is 4. The molecule has 3 heteroatoms. The maximum Gasteiger partial charge on any atom is 0.146 e. The van der Waals surface area contributed by atoms with E-state index in [2.05, 4.69) is 13.0 Å². The van der Waals surface area contributed by atoms with Gasteiger partial charge >= 0.3 is 0 Å². The number of benzene rings is 2. The molecule has 2 aromatic rings. The van der Waals surface area contributed by atoms with Crippen LogP contribution in [0.2, 0.25) is 0 Å². The van der Waals surface area contributed by atoms with Crippen molar-refractivity contribution in [1.82, 2.24) is 0 Å². The van der Waals surface area contributed by atoms with Crippen LogP contribution in [0.5, 0.6) is 17.2 Å². The topological polar surface area (TPSA) is 44.5 Å². The number of hydrogen-bond donors (Lipinski definition) is 1. The van der Waals surface area contributed by atoms with Crippen molar-refractivity contribution in [2.75, 3.05) is 5.73 Å². The maximum absolute atomic E-state index is 5.91. The van der Waals surface area contributed by atoms with Crippen molar-refractivity contribution in [3.05, 3.63) is 47.5 Å². The third-order valence-corrected chi connectivity index (χ3v) is 2.91. The van der Waals surface area contributed by atoms with E-state index in [-0.39, 0.29) is 6.10 Å². The average Bonchev–Trinajstić information content (AvgIpc) is 2.36. The highest BCUT2D eigenvalue weighted by molar-refractivity contribution is 5.56. The minimum atomic E-state index is 0.0775. The Bertz CT molecular complexity index is 606. The van der Waals surface area contributed by atoms with Crippen molar-refractivity contribution >= 4 is 5.69 Å². The molecule has 3 nitrogen and oxygen atoms in total. The van der Waals surface area contributed by atoms with Gasteiger partial charge in [-0.15, -0.1) is 0 Å². The van der Waals surface area contributed by atoms with Crippen LogP contribution in [0.4, 0.5) is 5.69 Å². The Morgan fingerprint density at radius 2 is 1.70 bits per heavy atom. The van der Waals surface area contributed by atoms with Crippen molar-refractivity contribution in [2.45, 2.75) is 33.8 Å². The molecule has 2 N–H and O–H groups in total. The van der Waals surface area contributed by atoms with E-state index in [1.165, 1.54) is 5.56 Å². The van der Waals surface area contributed by atoms with Gasteiger partial charge in [-0.3, -0.25) is 0 Å². The van der Waals surface area contributed by atoms with Gasteiger partial charge in [-0.2, -0.15) is 0 Å². The molecule has 0 saturated carbocycles. The van der Waals surface area contributed by atoms with Crippen molar-refractivity contribution in [3.8, 4) is 17.2 Å². The van der Waals surface area contributed by atoms with E-state index in [9.17, 15) is 0 Å². The van der Waals surface area contributed by atoms with Crippen LogP contribution in [0.1, 0.15) is 25.0 Å². The number of ether oxygens (including phenoxy) is 2. The highest BCUT2D eigenvalue weighted by Crippen LogP contribution is 2.32. The molecule has 0 aromatic heterocycles. The Hall–Kier alpha value is -2.16. The fourth-order valence-corrected chi connectivity index (χ4v) is 1.97. The molecule has 0 aliphatic carbocycles. The third kappa shape index (κ3) is 3.44. The second-order valence-corrected chi connectivity index (χ2v) is 5.24. The lowest BCUT2D eigenvalue weighted by Crippen LogP contribution is -2.07. The quantitative estimate of drug-likeness (QED) is 0.835. The smallest absolute Gasteiger partial charge is 0.146 e. The second-order valence-electron chi connectivity index (χ2n) is 5.24. The predicted octanol–water partition coefficient (Wildman–Crippen LogP) is 4.47. The lowest BCUT2D eigenvalue weighted by Gasteiger charge is -2.14. The summed E-state index contributed by atoms with van der Waals surface area (Å²) in [4.78, 5) is 0. The summed E-state index contributed by atoms with van der Waals surface area (Å²) in [5.41, 5.74) is 8.84. The number of nitrogens with two attached hydrogens (primary N) is 1. The largest absolute Gasteiger partial charge is 0.489 e. The minimum Gasteiger partial charge on any atom is -0.489 e. The van der Waals surface area contributed by atoms with Gasteiger partial charge in [-0.05, 0) is 51.5 Å². The van der Waals surface area contributed by atoms with Gasteiger partial charge in [-0.25, -0.2) is 0 Å². The van der Waals surface area contributed by atoms with Gasteiger partial charge in [0.1, 0.15) is 17.2 Å². The van der Waals surface area contributed by atoms with Gasteiger partial charge in [0.2, 0.25) is 0 Å². The van der Waals surface area contributed by atoms with Gasteiger partial charge in [0.25, 0.3) is 0 Å². The first kappa shape index (κ1) is 14.3. The molecule has 0 fully saturated rings. The molecule has 106 valence electrons. The van der Waals surface area contributed by atoms with Crippen LogP contribution in [0.25, 0.3) is 0 Å². The zero-order valence-corrected chi connectivity index (χ0v) is 12.4. The molecule has 2 rings (SSSR count). The monoisotopic (exact) mass is 271 g/mol. The van der Waals surface area contributed by atoms with Crippen LogP contribution in [0, 0.1) is 13.8 Å². The average molecular weight is 271 g/mol. The molecule has 0 radical (unpaired) electrons. The van der Waals surface area contributed by atoms with Gasteiger partial charge in [0.15, 0.2) is 0 Å². The molecule has 20 heavy (non-hydrogen) atoms. The normalized spacial score (nSPS) is 10.7. The first-order valence-corrected chi connectivity index (χ1v) is 6.77. The van der Waals surface area contributed by atoms with Crippen LogP contribution in [-0.2, 0) is 0 Å². The summed E-state index contributed by atoms with van der Waals surface area (Å²) in [7, 11) is 0. The summed E-state index contributed by atoms with van der Waals surface area (Å²) in [5.74, 6) is 2.22. The zero-order chi connectivity index (χ0) is 14.7. The van der Waals surface area contributed by atoms with E-state index in [0.717, 1.165) is 17.1 Å². The molecular weight excluding hydrogens is 250 g/mol. The Balaban J connectivity index is 2.25. The lowest BCUT2D eigenvalue weighted by atomic mass is 10.1. The van der Waals surface area contributed by atoms with Gasteiger partial charge in [0.05, 0.1) is 11.8 Å². The molecule has 0 aliphatic rings. The summed E-state index contributed by atoms with van der Waals surface area (Å²) in [6.45, 7) is 8.04. The molecule has 0 unspecified atom stereocenters. The Morgan fingerprint density at radius 1 is 0.950 bits per heavy atom. The fourth-order valence-electron chi connectivity index (χ4n) is 1.97. The highest BCUT2D eigenvalue weighted by Gasteiger charge is 2.07. The lowest BCUT2D eigenvalue weighted by molar-refractivity contribution is 0.243. The van der Waals surface area contributed by atoms with Crippen molar-refractivity contribution < 1.29 is 9.47 Å². The minimum absolute atomic E-state index is 0.0775. The van der Waals surface area contributed by atoms with Crippen molar-refractivity contribution in [3.63, 3.8) is 0 Å². The van der Waals surface area contributed by atoms with Gasteiger partial charge in [-0.1, -0.05) is 17.7 Å². The standard InChI is InChI=1S/C17H21NO2/c1-11(2)19-17-10-14(6-7-15(17)18)20-16-8-5-12(3)9-13(16)4/h5-11H,18H2,1-4H3. The van der Waals surface area contributed by atoms with Gasteiger partial charge < -0.3 is 15.2 Å². The van der Waals surface area contributed by atoms with E-state index in [1.54, 1.807) is 6.07 Å². The fraction of sp³-hybridized carbons (Fsp3) is 0.294. The van der Waals surface area contributed by atoms with Crippen LogP contribution in [-0.4, -0.2) is 6.10 Å². The number of anilines is 1. The summed E-state index contributed by atoms with van der Waals surface area (Å²) in [6.07, 6.45) is 0.0775. The maximum atomic E-state index is 5.91. The molecule has 0 atom stereocenters. The molecule has 2 aromatic carbocycles. The predicted molar refractivity (Wildman–Crippen MR) is 82.6 cm³/mol. The zero-order valence-electron chi connectivity index (χ0n) is 12.4. The summed E-state index contributed by atoms with van der Waals surface area (Å²) < 4.78 is 11.6. The molecule has 0 heterocycles. The summed E-state index contributed by atoms with van der Waals surface area (Å²) >= 11 is 0. The molecule has 0 saturated heterocycles. The van der Waals surface area contributed by atoms with Crippen LogP contribution < -0.4 is 15.2 Å². The Kier molecular flexibility index (Phi) is 4.18. The summed E-state index contributed by atoms with van der Waals surface area (Å²) in [5, 5.41) is 0. The van der Waals surface area contributed by atoms with E-state index in [1.807, 2.05) is 45.0 Å². The number of aryl methyl sites for hydroxylation is 2.